The molecular formula is C11H13N3. The summed E-state index contributed by atoms with van der Waals surface area (Å²) in [5.74, 6) is 0. The van der Waals surface area contributed by atoms with Gasteiger partial charge < -0.3 is 11.1 Å². The van der Waals surface area contributed by atoms with Gasteiger partial charge in [-0.2, -0.15) is 5.26 Å². The van der Waals surface area contributed by atoms with E-state index in [0.29, 0.717) is 13.1 Å². The summed E-state index contributed by atoms with van der Waals surface area (Å²) in [6.45, 7) is 1.24. The lowest BCUT2D eigenvalue weighted by molar-refractivity contribution is 0.849. The first-order valence-corrected chi connectivity index (χ1v) is 4.43. The third kappa shape index (κ3) is 2.92. The van der Waals surface area contributed by atoms with Crippen LogP contribution in [0.25, 0.3) is 0 Å². The number of benzene rings is 1. The van der Waals surface area contributed by atoms with Crippen molar-refractivity contribution >= 4 is 0 Å². The van der Waals surface area contributed by atoms with Gasteiger partial charge in [-0.3, -0.25) is 0 Å². The van der Waals surface area contributed by atoms with Crippen LogP contribution in [-0.4, -0.2) is 0 Å². The summed E-state index contributed by atoms with van der Waals surface area (Å²) in [4.78, 5) is 0. The smallest absolute Gasteiger partial charge is 0.0927 e. The summed E-state index contributed by atoms with van der Waals surface area (Å²) < 4.78 is 0. The number of nitrogens with one attached hydrogen (secondary N) is 1. The highest BCUT2D eigenvalue weighted by Gasteiger charge is 1.96. The molecule has 1 rings (SSSR count). The van der Waals surface area contributed by atoms with Gasteiger partial charge in [0.15, 0.2) is 0 Å². The van der Waals surface area contributed by atoms with Crippen LogP contribution in [0.3, 0.4) is 0 Å². The molecule has 14 heavy (non-hydrogen) atoms. The number of allylic oxidation sites excluding steroid dienone is 1. The van der Waals surface area contributed by atoms with Crippen molar-refractivity contribution in [3.05, 3.63) is 47.7 Å². The molecule has 0 aliphatic rings. The highest BCUT2D eigenvalue weighted by Crippen LogP contribution is 2.06. The second-order valence-corrected chi connectivity index (χ2v) is 2.82. The summed E-state index contributed by atoms with van der Waals surface area (Å²) >= 11 is 0. The fraction of sp³-hybridized carbons (Fsp3) is 0.182. The first-order chi connectivity index (χ1) is 6.88. The number of hydrogen-bond donors (Lipinski definition) is 2. The SMILES string of the molecule is N#CC=CNCc1ccccc1CN. The number of nitriles is 1. The quantitative estimate of drug-likeness (QED) is 0.698. The fourth-order valence-electron chi connectivity index (χ4n) is 1.19. The van der Waals surface area contributed by atoms with Gasteiger partial charge in [0, 0.05) is 25.4 Å². The van der Waals surface area contributed by atoms with Gasteiger partial charge in [-0.15, -0.1) is 0 Å². The van der Waals surface area contributed by atoms with Crippen LogP contribution >= 0.6 is 0 Å². The van der Waals surface area contributed by atoms with Crippen molar-refractivity contribution in [3.8, 4) is 6.07 Å². The molecule has 0 fully saturated rings. The Kier molecular flexibility index (Phi) is 4.25. The molecule has 0 spiro atoms. The average molecular weight is 187 g/mol. The molecule has 0 saturated carbocycles. The molecule has 3 heteroatoms. The van der Waals surface area contributed by atoms with Crippen molar-refractivity contribution in [2.24, 2.45) is 5.73 Å². The monoisotopic (exact) mass is 187 g/mol. The van der Waals surface area contributed by atoms with Gasteiger partial charge in [-0.25, -0.2) is 0 Å². The first kappa shape index (κ1) is 10.3. The fourth-order valence-corrected chi connectivity index (χ4v) is 1.19. The predicted molar refractivity (Wildman–Crippen MR) is 55.9 cm³/mol. The van der Waals surface area contributed by atoms with Crippen LogP contribution in [0.4, 0.5) is 0 Å². The lowest BCUT2D eigenvalue weighted by Crippen LogP contribution is -2.09. The second-order valence-electron chi connectivity index (χ2n) is 2.82. The maximum atomic E-state index is 8.27. The lowest BCUT2D eigenvalue weighted by atomic mass is 10.1. The molecule has 0 aliphatic heterocycles. The van der Waals surface area contributed by atoms with Crippen molar-refractivity contribution in [2.45, 2.75) is 13.1 Å². The number of nitrogens with two attached hydrogens (primary N) is 1. The van der Waals surface area contributed by atoms with E-state index in [-0.39, 0.29) is 0 Å². The van der Waals surface area contributed by atoms with Crippen LogP contribution in [0, 0.1) is 11.3 Å². The first-order valence-electron chi connectivity index (χ1n) is 4.43. The third-order valence-corrected chi connectivity index (χ3v) is 1.91. The predicted octanol–water partition coefficient (Wildman–Crippen LogP) is 1.27. The average Bonchev–Trinajstić information content (AvgIpc) is 2.25. The van der Waals surface area contributed by atoms with Crippen molar-refractivity contribution in [1.29, 1.82) is 5.26 Å². The Balaban J connectivity index is 2.58. The van der Waals surface area contributed by atoms with Gasteiger partial charge in [0.05, 0.1) is 6.07 Å². The van der Waals surface area contributed by atoms with Gasteiger partial charge in [0.2, 0.25) is 0 Å². The van der Waals surface area contributed by atoms with Gasteiger partial charge in [-0.05, 0) is 11.1 Å². The van der Waals surface area contributed by atoms with Crippen LogP contribution in [0.5, 0.6) is 0 Å². The minimum atomic E-state index is 0.541. The molecule has 0 aliphatic carbocycles. The molecule has 0 radical (unpaired) electrons. The molecule has 0 saturated heterocycles. The van der Waals surface area contributed by atoms with E-state index in [4.69, 9.17) is 11.0 Å². The van der Waals surface area contributed by atoms with Crippen LogP contribution in [0.2, 0.25) is 0 Å². The summed E-state index contributed by atoms with van der Waals surface area (Å²) in [6, 6.07) is 9.89. The highest BCUT2D eigenvalue weighted by atomic mass is 14.8. The Labute approximate surface area is 83.8 Å². The minimum Gasteiger partial charge on any atom is -0.386 e. The largest absolute Gasteiger partial charge is 0.386 e. The molecule has 1 aromatic carbocycles. The Morgan fingerprint density at radius 3 is 2.71 bits per heavy atom. The molecule has 3 N–H and O–H groups in total. The summed E-state index contributed by atoms with van der Waals surface area (Å²) in [5.41, 5.74) is 7.88. The maximum absolute atomic E-state index is 8.27. The van der Waals surface area contributed by atoms with Crippen LogP contribution in [0.15, 0.2) is 36.5 Å². The van der Waals surface area contributed by atoms with Gasteiger partial charge in [0.1, 0.15) is 0 Å². The van der Waals surface area contributed by atoms with Crippen LogP contribution in [-0.2, 0) is 13.1 Å². The van der Waals surface area contributed by atoms with E-state index in [1.165, 1.54) is 6.08 Å². The Hall–Kier alpha value is -1.79. The van der Waals surface area contributed by atoms with E-state index in [1.807, 2.05) is 30.3 Å². The Morgan fingerprint density at radius 2 is 2.07 bits per heavy atom. The number of nitrogens with zero attached hydrogens (tertiary/aromatic N) is 1. The zero-order valence-electron chi connectivity index (χ0n) is 7.90. The summed E-state index contributed by atoms with van der Waals surface area (Å²) in [6.07, 6.45) is 3.04. The molecule has 1 aromatic rings. The van der Waals surface area contributed by atoms with Crippen LogP contribution < -0.4 is 11.1 Å². The summed E-state index contributed by atoms with van der Waals surface area (Å²) in [7, 11) is 0. The third-order valence-electron chi connectivity index (χ3n) is 1.91. The molecule has 0 bridgehead atoms. The standard InChI is InChI=1S/C11H13N3/c12-6-3-7-14-9-11-5-2-1-4-10(11)8-13/h1-5,7,14H,8-9,13H2. The van der Waals surface area contributed by atoms with E-state index in [9.17, 15) is 0 Å². The van der Waals surface area contributed by atoms with E-state index in [1.54, 1.807) is 6.20 Å². The topological polar surface area (TPSA) is 61.8 Å². The number of hydrogen-bond acceptors (Lipinski definition) is 3. The summed E-state index contributed by atoms with van der Waals surface area (Å²) in [5, 5.41) is 11.3. The number of rotatable bonds is 4. The van der Waals surface area contributed by atoms with E-state index >= 15 is 0 Å². The maximum Gasteiger partial charge on any atom is 0.0927 e. The van der Waals surface area contributed by atoms with E-state index in [0.717, 1.165) is 11.1 Å². The van der Waals surface area contributed by atoms with Gasteiger partial charge in [0.25, 0.3) is 0 Å². The molecule has 0 heterocycles. The minimum absolute atomic E-state index is 0.541. The Morgan fingerprint density at radius 1 is 1.36 bits per heavy atom. The van der Waals surface area contributed by atoms with Crippen molar-refractivity contribution < 1.29 is 0 Å². The molecule has 72 valence electrons. The van der Waals surface area contributed by atoms with E-state index < -0.39 is 0 Å². The molecule has 3 nitrogen and oxygen atoms in total. The van der Waals surface area contributed by atoms with E-state index in [2.05, 4.69) is 5.32 Å². The van der Waals surface area contributed by atoms with Gasteiger partial charge in [-0.1, -0.05) is 24.3 Å². The molecule has 0 unspecified atom stereocenters. The molecule has 0 amide bonds. The Bertz CT molecular complexity index is 350. The zero-order valence-corrected chi connectivity index (χ0v) is 7.90. The molecule has 0 atom stereocenters. The van der Waals surface area contributed by atoms with Crippen molar-refractivity contribution in [1.82, 2.24) is 5.32 Å². The zero-order chi connectivity index (χ0) is 10.2. The molecular weight excluding hydrogens is 174 g/mol. The lowest BCUT2D eigenvalue weighted by Gasteiger charge is -2.06. The molecule has 0 aromatic heterocycles. The van der Waals surface area contributed by atoms with Crippen molar-refractivity contribution in [3.63, 3.8) is 0 Å². The van der Waals surface area contributed by atoms with Gasteiger partial charge >= 0.3 is 0 Å². The highest BCUT2D eigenvalue weighted by molar-refractivity contribution is 5.26. The normalized spacial score (nSPS) is 10.0. The second kappa shape index (κ2) is 5.79. The van der Waals surface area contributed by atoms with Crippen LogP contribution in [0.1, 0.15) is 11.1 Å². The van der Waals surface area contributed by atoms with Crippen molar-refractivity contribution in [2.75, 3.05) is 0 Å².